The lowest BCUT2D eigenvalue weighted by molar-refractivity contribution is -0.134. The normalized spacial score (nSPS) is 15.2. The highest BCUT2D eigenvalue weighted by Crippen LogP contribution is 2.41. The number of aliphatic carboxylic acids is 2. The first-order chi connectivity index (χ1) is 13.5. The Hall–Kier alpha value is -3.09. The van der Waals surface area contributed by atoms with Crippen LogP contribution in [-0.2, 0) is 22.4 Å². The van der Waals surface area contributed by atoms with Crippen LogP contribution in [0.4, 0.5) is 5.69 Å². The first-order valence-corrected chi connectivity index (χ1v) is 9.47. The lowest BCUT2D eigenvalue weighted by atomic mass is 9.92. The third kappa shape index (κ3) is 4.24. The number of carbonyl (C=O) groups is 2. The number of hydrogen-bond acceptors (Lipinski definition) is 5. The summed E-state index contributed by atoms with van der Waals surface area (Å²) in [5, 5.41) is 16.9. The zero-order valence-electron chi connectivity index (χ0n) is 15.9. The summed E-state index contributed by atoms with van der Waals surface area (Å²) in [4.78, 5) is 26.5. The van der Waals surface area contributed by atoms with Crippen molar-refractivity contribution in [2.75, 3.05) is 24.6 Å². The number of aromatic nitrogens is 1. The van der Waals surface area contributed by atoms with Crippen LogP contribution in [-0.4, -0.2) is 46.8 Å². The van der Waals surface area contributed by atoms with E-state index >= 15 is 0 Å². The van der Waals surface area contributed by atoms with Crippen LogP contribution in [0.25, 0.3) is 10.9 Å². The molecule has 7 nitrogen and oxygen atoms in total. The highest BCUT2D eigenvalue weighted by Gasteiger charge is 2.25. The van der Waals surface area contributed by atoms with Crippen LogP contribution in [0.2, 0.25) is 0 Å². The standard InChI is InChI=1S/C17H20N2O.C4H4O4/c1-2-19-10-11-20-15-9-5-8-14-16(15)17(19)12-6-3-4-7-13(12)18-14;5-3(6)1-2-4(7)8/h5,8-9H,2-4,6-7,10-11H2,1H3;1-2H,(H,5,6)(H,7,8)/b;2-1-. The van der Waals surface area contributed by atoms with Crippen LogP contribution in [0.5, 0.6) is 5.75 Å². The molecule has 0 saturated carbocycles. The predicted octanol–water partition coefficient (Wildman–Crippen LogP) is 3.04. The van der Waals surface area contributed by atoms with Gasteiger partial charge in [0.05, 0.1) is 23.1 Å². The van der Waals surface area contributed by atoms with E-state index in [0.29, 0.717) is 12.2 Å². The fourth-order valence-electron chi connectivity index (χ4n) is 3.72. The third-order valence-electron chi connectivity index (χ3n) is 4.91. The van der Waals surface area contributed by atoms with Crippen LogP contribution in [0.3, 0.4) is 0 Å². The first kappa shape index (κ1) is 19.7. The van der Waals surface area contributed by atoms with Crippen molar-refractivity contribution in [3.63, 3.8) is 0 Å². The number of nitrogens with zero attached hydrogens (tertiary/aromatic N) is 2. The maximum atomic E-state index is 9.55. The van der Waals surface area contributed by atoms with Gasteiger partial charge in [-0.25, -0.2) is 9.59 Å². The molecule has 1 aromatic carbocycles. The molecule has 28 heavy (non-hydrogen) atoms. The number of carboxylic acids is 2. The van der Waals surface area contributed by atoms with E-state index in [9.17, 15) is 9.59 Å². The van der Waals surface area contributed by atoms with Gasteiger partial charge in [-0.15, -0.1) is 0 Å². The summed E-state index contributed by atoms with van der Waals surface area (Å²) in [7, 11) is 0. The van der Waals surface area contributed by atoms with Gasteiger partial charge in [0.2, 0.25) is 0 Å². The van der Waals surface area contributed by atoms with Gasteiger partial charge in [-0.05, 0) is 50.3 Å². The number of fused-ring (bicyclic) bond motifs is 2. The molecule has 1 aliphatic heterocycles. The minimum Gasteiger partial charge on any atom is -0.491 e. The third-order valence-corrected chi connectivity index (χ3v) is 4.91. The van der Waals surface area contributed by atoms with Crippen molar-refractivity contribution in [3.05, 3.63) is 41.6 Å². The van der Waals surface area contributed by atoms with Gasteiger partial charge in [0.1, 0.15) is 12.4 Å². The summed E-state index contributed by atoms with van der Waals surface area (Å²) in [6.07, 6.45) is 5.96. The average molecular weight is 384 g/mol. The van der Waals surface area contributed by atoms with Crippen molar-refractivity contribution in [2.45, 2.75) is 32.6 Å². The number of hydrogen-bond donors (Lipinski definition) is 2. The van der Waals surface area contributed by atoms with E-state index in [0.717, 1.165) is 37.4 Å². The van der Waals surface area contributed by atoms with Crippen molar-refractivity contribution in [1.82, 2.24) is 4.98 Å². The molecule has 2 N–H and O–H groups in total. The molecule has 1 aliphatic carbocycles. The Morgan fingerprint density at radius 3 is 2.57 bits per heavy atom. The Kier molecular flexibility index (Phi) is 6.13. The number of ether oxygens (including phenoxy) is 1. The highest BCUT2D eigenvalue weighted by atomic mass is 16.5. The molecule has 0 saturated heterocycles. The van der Waals surface area contributed by atoms with Crippen LogP contribution in [0.1, 0.15) is 31.0 Å². The first-order valence-electron chi connectivity index (χ1n) is 9.47. The fourth-order valence-corrected chi connectivity index (χ4v) is 3.72. The zero-order chi connectivity index (χ0) is 20.1. The van der Waals surface area contributed by atoms with Crippen molar-refractivity contribution < 1.29 is 24.5 Å². The van der Waals surface area contributed by atoms with Crippen molar-refractivity contribution in [1.29, 1.82) is 0 Å². The molecule has 0 fully saturated rings. The molecule has 1 aromatic heterocycles. The molecule has 2 aliphatic rings. The number of likely N-dealkylation sites (N-methyl/N-ethyl adjacent to an activating group) is 1. The largest absolute Gasteiger partial charge is 0.491 e. The molecule has 148 valence electrons. The number of benzene rings is 1. The summed E-state index contributed by atoms with van der Waals surface area (Å²) in [5.41, 5.74) is 5.29. The second-order valence-electron chi connectivity index (χ2n) is 6.68. The minimum atomic E-state index is -1.26. The maximum Gasteiger partial charge on any atom is 0.328 e. The molecule has 7 heteroatoms. The Morgan fingerprint density at radius 2 is 1.89 bits per heavy atom. The lowest BCUT2D eigenvalue weighted by Crippen LogP contribution is -2.28. The van der Waals surface area contributed by atoms with E-state index in [-0.39, 0.29) is 0 Å². The molecule has 4 rings (SSSR count). The summed E-state index contributed by atoms with van der Waals surface area (Å²) in [5.74, 6) is -1.51. The van der Waals surface area contributed by atoms with Crippen LogP contribution in [0, 0.1) is 0 Å². The summed E-state index contributed by atoms with van der Waals surface area (Å²) < 4.78 is 5.96. The molecule has 0 spiro atoms. The average Bonchev–Trinajstić information content (AvgIpc) is 2.88. The monoisotopic (exact) mass is 384 g/mol. The second kappa shape index (κ2) is 8.73. The quantitative estimate of drug-likeness (QED) is 0.785. The number of carboxylic acid groups (broad SMARTS) is 2. The van der Waals surface area contributed by atoms with E-state index in [1.165, 1.54) is 41.6 Å². The van der Waals surface area contributed by atoms with Crippen molar-refractivity contribution >= 4 is 28.5 Å². The molecule has 2 aromatic rings. The van der Waals surface area contributed by atoms with E-state index < -0.39 is 11.9 Å². The maximum absolute atomic E-state index is 9.55. The molecule has 0 amide bonds. The van der Waals surface area contributed by atoms with Gasteiger partial charge in [0, 0.05) is 24.4 Å². The summed E-state index contributed by atoms with van der Waals surface area (Å²) >= 11 is 0. The predicted molar refractivity (Wildman–Crippen MR) is 106 cm³/mol. The molecule has 0 radical (unpaired) electrons. The molecule has 2 heterocycles. The van der Waals surface area contributed by atoms with Gasteiger partial charge in [0.25, 0.3) is 0 Å². The molecule has 0 atom stereocenters. The molecular weight excluding hydrogens is 360 g/mol. The van der Waals surface area contributed by atoms with Crippen molar-refractivity contribution in [2.24, 2.45) is 0 Å². The van der Waals surface area contributed by atoms with Crippen LogP contribution in [0.15, 0.2) is 30.4 Å². The number of anilines is 1. The van der Waals surface area contributed by atoms with E-state index in [2.05, 4.69) is 30.0 Å². The van der Waals surface area contributed by atoms with E-state index in [1.54, 1.807) is 0 Å². The van der Waals surface area contributed by atoms with Gasteiger partial charge in [-0.1, -0.05) is 6.07 Å². The lowest BCUT2D eigenvalue weighted by Gasteiger charge is -2.28. The summed E-state index contributed by atoms with van der Waals surface area (Å²) in [6, 6.07) is 6.27. The van der Waals surface area contributed by atoms with E-state index in [4.69, 9.17) is 19.9 Å². The van der Waals surface area contributed by atoms with Crippen LogP contribution < -0.4 is 9.64 Å². The zero-order valence-corrected chi connectivity index (χ0v) is 15.9. The number of rotatable bonds is 3. The van der Waals surface area contributed by atoms with Gasteiger partial charge in [-0.3, -0.25) is 4.98 Å². The van der Waals surface area contributed by atoms with Gasteiger partial charge < -0.3 is 19.8 Å². The topological polar surface area (TPSA) is 100.0 Å². The Morgan fingerprint density at radius 1 is 1.18 bits per heavy atom. The molecule has 0 bridgehead atoms. The number of pyridine rings is 1. The molecular formula is C21H24N2O5. The smallest absolute Gasteiger partial charge is 0.328 e. The second-order valence-corrected chi connectivity index (χ2v) is 6.68. The number of aryl methyl sites for hydroxylation is 1. The van der Waals surface area contributed by atoms with Gasteiger partial charge in [0.15, 0.2) is 0 Å². The van der Waals surface area contributed by atoms with Gasteiger partial charge in [-0.2, -0.15) is 0 Å². The molecule has 0 unspecified atom stereocenters. The van der Waals surface area contributed by atoms with E-state index in [1.807, 2.05) is 0 Å². The highest BCUT2D eigenvalue weighted by molar-refractivity contribution is 5.99. The summed E-state index contributed by atoms with van der Waals surface area (Å²) in [6.45, 7) is 4.99. The van der Waals surface area contributed by atoms with Crippen molar-refractivity contribution in [3.8, 4) is 5.75 Å². The SMILES string of the molecule is CCN1CCOc2cccc3nc4c(c1c23)CCCC4.O=C(O)/C=C\C(=O)O. The fraction of sp³-hybridized carbons (Fsp3) is 0.381. The van der Waals surface area contributed by atoms with Gasteiger partial charge >= 0.3 is 11.9 Å². The minimum absolute atomic E-state index is 0.558. The van der Waals surface area contributed by atoms with Crippen LogP contribution >= 0.6 is 0 Å². The Labute approximate surface area is 163 Å². The Balaban J connectivity index is 0.000000242. The Bertz CT molecular complexity index is 907.